The molecule has 0 radical (unpaired) electrons. The van der Waals surface area contributed by atoms with Crippen LogP contribution in [0.2, 0.25) is 0 Å². The molecule has 74 valence electrons. The lowest BCUT2D eigenvalue weighted by Gasteiger charge is -1.99. The summed E-state index contributed by atoms with van der Waals surface area (Å²) in [5, 5.41) is 10.4. The van der Waals surface area contributed by atoms with E-state index in [1.165, 1.54) is 20.1 Å². The van der Waals surface area contributed by atoms with Gasteiger partial charge in [-0.05, 0) is 13.0 Å². The van der Waals surface area contributed by atoms with E-state index in [1.54, 1.807) is 0 Å². The topological polar surface area (TPSA) is 82.3 Å². The van der Waals surface area contributed by atoms with Gasteiger partial charge in [0.25, 0.3) is 5.69 Å². The minimum absolute atomic E-state index is 0.0654. The molecule has 6 nitrogen and oxygen atoms in total. The number of hydrogen-bond donors (Lipinski definition) is 0. The van der Waals surface area contributed by atoms with Gasteiger partial charge in [-0.15, -0.1) is 0 Å². The van der Waals surface area contributed by atoms with Crippen molar-refractivity contribution in [2.75, 3.05) is 7.11 Å². The average molecular weight is 196 g/mol. The fraction of sp³-hybridized carbons (Fsp3) is 0.250. The molecule has 0 aromatic carbocycles. The summed E-state index contributed by atoms with van der Waals surface area (Å²) in [7, 11) is 1.22. The zero-order chi connectivity index (χ0) is 10.7. The summed E-state index contributed by atoms with van der Waals surface area (Å²) in [5.41, 5.74) is 0.332. The van der Waals surface area contributed by atoms with E-state index in [2.05, 4.69) is 9.72 Å². The Kier molecular flexibility index (Phi) is 2.76. The van der Waals surface area contributed by atoms with Crippen molar-refractivity contribution < 1.29 is 14.5 Å². The molecule has 14 heavy (non-hydrogen) atoms. The van der Waals surface area contributed by atoms with Crippen LogP contribution in [0, 0.1) is 17.0 Å². The van der Waals surface area contributed by atoms with Gasteiger partial charge in [0.05, 0.1) is 12.0 Å². The van der Waals surface area contributed by atoms with Gasteiger partial charge in [0.2, 0.25) is 0 Å². The highest BCUT2D eigenvalue weighted by Crippen LogP contribution is 2.16. The second kappa shape index (κ2) is 3.82. The second-order valence-corrected chi connectivity index (χ2v) is 2.60. The maximum atomic E-state index is 11.0. The molecule has 0 amide bonds. The fourth-order valence-electron chi connectivity index (χ4n) is 0.956. The Balaban J connectivity index is 3.12. The van der Waals surface area contributed by atoms with E-state index in [0.717, 1.165) is 6.20 Å². The third kappa shape index (κ3) is 1.85. The monoisotopic (exact) mass is 196 g/mol. The van der Waals surface area contributed by atoms with Crippen LogP contribution in [-0.4, -0.2) is 23.0 Å². The molecule has 0 aliphatic carbocycles. The normalized spacial score (nSPS) is 9.57. The number of esters is 1. The van der Waals surface area contributed by atoms with E-state index >= 15 is 0 Å². The quantitative estimate of drug-likeness (QED) is 0.401. The number of carbonyl (C=O) groups excluding carboxylic acids is 1. The van der Waals surface area contributed by atoms with E-state index in [0.29, 0.717) is 5.56 Å². The Bertz CT molecular complexity index is 389. The molecule has 1 aromatic heterocycles. The van der Waals surface area contributed by atoms with Gasteiger partial charge < -0.3 is 4.74 Å². The van der Waals surface area contributed by atoms with Crippen LogP contribution in [0.3, 0.4) is 0 Å². The Hall–Kier alpha value is -1.98. The van der Waals surface area contributed by atoms with Crippen molar-refractivity contribution in [1.29, 1.82) is 0 Å². The molecule has 0 aliphatic rings. The third-order valence-corrected chi connectivity index (χ3v) is 1.67. The lowest BCUT2D eigenvalue weighted by Crippen LogP contribution is -2.05. The zero-order valence-electron chi connectivity index (χ0n) is 7.68. The molecule has 0 N–H and O–H groups in total. The van der Waals surface area contributed by atoms with Gasteiger partial charge >= 0.3 is 5.97 Å². The molecule has 0 aliphatic heterocycles. The number of aryl methyl sites for hydroxylation is 1. The van der Waals surface area contributed by atoms with E-state index < -0.39 is 10.9 Å². The number of nitro groups is 1. The predicted octanol–water partition coefficient (Wildman–Crippen LogP) is 1.08. The summed E-state index contributed by atoms with van der Waals surface area (Å²) in [6.07, 6.45) is 1.04. The van der Waals surface area contributed by atoms with Crippen molar-refractivity contribution in [2.45, 2.75) is 6.92 Å². The number of pyridine rings is 1. The van der Waals surface area contributed by atoms with Crippen LogP contribution in [0.25, 0.3) is 0 Å². The van der Waals surface area contributed by atoms with Crippen LogP contribution in [-0.2, 0) is 4.74 Å². The molecule has 1 rings (SSSR count). The first-order chi connectivity index (χ1) is 6.56. The molecular weight excluding hydrogens is 188 g/mol. The van der Waals surface area contributed by atoms with Crippen LogP contribution in [0.5, 0.6) is 0 Å². The van der Waals surface area contributed by atoms with Crippen molar-refractivity contribution >= 4 is 11.7 Å². The Morgan fingerprint density at radius 3 is 2.71 bits per heavy atom. The number of nitrogens with zero attached hydrogens (tertiary/aromatic N) is 2. The first-order valence-electron chi connectivity index (χ1n) is 3.75. The summed E-state index contributed by atoms with van der Waals surface area (Å²) in [5.74, 6) is -0.608. The highest BCUT2D eigenvalue weighted by atomic mass is 16.6. The molecule has 1 heterocycles. The molecule has 0 bridgehead atoms. The maximum Gasteiger partial charge on any atom is 0.356 e. The molecule has 0 spiro atoms. The van der Waals surface area contributed by atoms with Gasteiger partial charge in [-0.25, -0.2) is 9.78 Å². The number of ether oxygens (including phenoxy) is 1. The van der Waals surface area contributed by atoms with Crippen molar-refractivity contribution in [3.63, 3.8) is 0 Å². The van der Waals surface area contributed by atoms with E-state index in [9.17, 15) is 14.9 Å². The largest absolute Gasteiger partial charge is 0.464 e. The maximum absolute atomic E-state index is 11.0. The van der Waals surface area contributed by atoms with Crippen LogP contribution in [0.15, 0.2) is 12.3 Å². The van der Waals surface area contributed by atoms with Crippen molar-refractivity contribution in [3.05, 3.63) is 33.6 Å². The summed E-state index contributed by atoms with van der Waals surface area (Å²) in [6.45, 7) is 1.53. The van der Waals surface area contributed by atoms with Crippen LogP contribution in [0.1, 0.15) is 16.1 Å². The van der Waals surface area contributed by atoms with Crippen molar-refractivity contribution in [1.82, 2.24) is 4.98 Å². The van der Waals surface area contributed by atoms with Crippen molar-refractivity contribution in [2.24, 2.45) is 0 Å². The minimum atomic E-state index is -0.608. The Morgan fingerprint density at radius 1 is 1.64 bits per heavy atom. The smallest absolute Gasteiger partial charge is 0.356 e. The van der Waals surface area contributed by atoms with E-state index in [4.69, 9.17) is 0 Å². The number of methoxy groups -OCH3 is 1. The zero-order valence-corrected chi connectivity index (χ0v) is 7.68. The molecule has 0 unspecified atom stereocenters. The van der Waals surface area contributed by atoms with Gasteiger partial charge in [0.15, 0.2) is 0 Å². The number of rotatable bonds is 2. The summed E-state index contributed by atoms with van der Waals surface area (Å²) < 4.78 is 4.42. The summed E-state index contributed by atoms with van der Waals surface area (Å²) >= 11 is 0. The molecule has 0 saturated carbocycles. The summed E-state index contributed by atoms with van der Waals surface area (Å²) in [6, 6.07) is 1.32. The predicted molar refractivity (Wildman–Crippen MR) is 47.0 cm³/mol. The van der Waals surface area contributed by atoms with Gasteiger partial charge in [0.1, 0.15) is 11.9 Å². The first kappa shape index (κ1) is 10.1. The van der Waals surface area contributed by atoms with Crippen LogP contribution < -0.4 is 0 Å². The SMILES string of the molecule is COC(=O)c1cc(C)c([N+](=O)[O-])cn1. The second-order valence-electron chi connectivity index (χ2n) is 2.60. The minimum Gasteiger partial charge on any atom is -0.464 e. The lowest BCUT2D eigenvalue weighted by molar-refractivity contribution is -0.385. The van der Waals surface area contributed by atoms with E-state index in [-0.39, 0.29) is 11.4 Å². The van der Waals surface area contributed by atoms with Crippen molar-refractivity contribution in [3.8, 4) is 0 Å². The van der Waals surface area contributed by atoms with Crippen LogP contribution in [0.4, 0.5) is 5.69 Å². The van der Waals surface area contributed by atoms with Gasteiger partial charge in [-0.3, -0.25) is 10.1 Å². The Morgan fingerprint density at radius 2 is 2.29 bits per heavy atom. The third-order valence-electron chi connectivity index (χ3n) is 1.67. The van der Waals surface area contributed by atoms with Gasteiger partial charge in [-0.2, -0.15) is 0 Å². The first-order valence-corrected chi connectivity index (χ1v) is 3.75. The standard InChI is InChI=1S/C8H8N2O4/c1-5-3-6(8(11)14-2)9-4-7(5)10(12)13/h3-4H,1-2H3. The number of hydrogen-bond acceptors (Lipinski definition) is 5. The lowest BCUT2D eigenvalue weighted by atomic mass is 10.2. The molecule has 6 heteroatoms. The summed E-state index contributed by atoms with van der Waals surface area (Å²) in [4.78, 5) is 24.5. The average Bonchev–Trinajstić information content (AvgIpc) is 2.15. The van der Waals surface area contributed by atoms with Gasteiger partial charge in [0, 0.05) is 5.56 Å². The molecule has 0 fully saturated rings. The number of aromatic nitrogens is 1. The fourth-order valence-corrected chi connectivity index (χ4v) is 0.956. The highest BCUT2D eigenvalue weighted by Gasteiger charge is 2.14. The highest BCUT2D eigenvalue weighted by molar-refractivity contribution is 5.87. The van der Waals surface area contributed by atoms with E-state index in [1.807, 2.05) is 0 Å². The molecule has 0 atom stereocenters. The Labute approximate surface area is 79.7 Å². The number of carbonyl (C=O) groups is 1. The van der Waals surface area contributed by atoms with Gasteiger partial charge in [-0.1, -0.05) is 0 Å². The molecule has 0 saturated heterocycles. The molecular formula is C8H8N2O4. The van der Waals surface area contributed by atoms with Crippen LogP contribution >= 0.6 is 0 Å². The molecule has 1 aromatic rings.